The van der Waals surface area contributed by atoms with E-state index in [1.807, 2.05) is 75.8 Å². The monoisotopic (exact) mass is 732 g/mol. The average molecular weight is 733 g/mol. The van der Waals surface area contributed by atoms with E-state index in [0.717, 1.165) is 51.4 Å². The number of rotatable bonds is 31. The van der Waals surface area contributed by atoms with Gasteiger partial charge < -0.3 is 18.9 Å². The van der Waals surface area contributed by atoms with Gasteiger partial charge in [0.15, 0.2) is 6.10 Å². The third-order valence-electron chi connectivity index (χ3n) is 6.99. The van der Waals surface area contributed by atoms with Crippen LogP contribution in [0.3, 0.4) is 0 Å². The Balaban J connectivity index is 4.64. The van der Waals surface area contributed by atoms with Gasteiger partial charge >= 0.3 is 19.8 Å². The predicted octanol–water partition coefficient (Wildman–Crippen LogP) is 9.84. The maximum absolute atomic E-state index is 12.6. The zero-order valence-corrected chi connectivity index (χ0v) is 32.9. The SMILES string of the molecule is CC/C=C/C=C/C=C/C=C/C=C/CCCC(=O)OC(COC(=O)CCCCCC/C=C/C/C=C/C/C=C/CC)COP(=O)(O)OCC[N+](C)(C)C. The number of allylic oxidation sites excluding steroid dienone is 16. The summed E-state index contributed by atoms with van der Waals surface area (Å²) >= 11 is 0. The Labute approximate surface area is 309 Å². The fourth-order valence-corrected chi connectivity index (χ4v) is 4.86. The molecule has 51 heavy (non-hydrogen) atoms. The van der Waals surface area contributed by atoms with Gasteiger partial charge in [-0.15, -0.1) is 0 Å². The molecule has 0 aliphatic rings. The van der Waals surface area contributed by atoms with Crippen molar-refractivity contribution < 1.29 is 42.1 Å². The van der Waals surface area contributed by atoms with Crippen molar-refractivity contribution in [2.45, 2.75) is 103 Å². The molecule has 0 saturated heterocycles. The summed E-state index contributed by atoms with van der Waals surface area (Å²) in [6, 6.07) is 0. The molecule has 288 valence electrons. The summed E-state index contributed by atoms with van der Waals surface area (Å²) in [5.41, 5.74) is 0. The van der Waals surface area contributed by atoms with Gasteiger partial charge in [0, 0.05) is 12.8 Å². The summed E-state index contributed by atoms with van der Waals surface area (Å²) in [5, 5.41) is 0. The first-order valence-electron chi connectivity index (χ1n) is 18.5. The van der Waals surface area contributed by atoms with Gasteiger partial charge in [-0.2, -0.15) is 0 Å². The lowest BCUT2D eigenvalue weighted by Crippen LogP contribution is -2.37. The number of esters is 2. The van der Waals surface area contributed by atoms with Crippen LogP contribution in [-0.2, 0) is 32.7 Å². The Morgan fingerprint density at radius 2 is 1.18 bits per heavy atom. The van der Waals surface area contributed by atoms with Crippen molar-refractivity contribution >= 4 is 19.8 Å². The molecule has 10 heteroatoms. The molecular weight excluding hydrogens is 665 g/mol. The molecule has 0 radical (unpaired) electrons. The molecule has 1 N–H and O–H groups in total. The van der Waals surface area contributed by atoms with Gasteiger partial charge in [0.05, 0.1) is 27.7 Å². The molecule has 2 atom stereocenters. The highest BCUT2D eigenvalue weighted by Gasteiger charge is 2.27. The van der Waals surface area contributed by atoms with Gasteiger partial charge in [-0.3, -0.25) is 18.6 Å². The molecule has 9 nitrogen and oxygen atoms in total. The number of likely N-dealkylation sites (N-methyl/N-ethyl adjacent to an activating group) is 1. The Bertz CT molecular complexity index is 1190. The first-order chi connectivity index (χ1) is 24.5. The van der Waals surface area contributed by atoms with Crippen molar-refractivity contribution in [3.63, 3.8) is 0 Å². The molecule has 0 fully saturated rings. The summed E-state index contributed by atoms with van der Waals surface area (Å²) in [5.74, 6) is -0.927. The van der Waals surface area contributed by atoms with Gasteiger partial charge in [0.1, 0.15) is 19.8 Å². The number of hydrogen-bond acceptors (Lipinski definition) is 7. The first-order valence-corrected chi connectivity index (χ1v) is 20.0. The maximum atomic E-state index is 12.6. The van der Waals surface area contributed by atoms with Crippen LogP contribution in [0.1, 0.15) is 97.3 Å². The summed E-state index contributed by atoms with van der Waals surface area (Å²) in [6.07, 6.45) is 41.9. The summed E-state index contributed by atoms with van der Waals surface area (Å²) < 4.78 is 34.0. The van der Waals surface area contributed by atoms with Crippen molar-refractivity contribution in [2.75, 3.05) is 47.5 Å². The van der Waals surface area contributed by atoms with Crippen molar-refractivity contribution in [3.05, 3.63) is 97.2 Å². The van der Waals surface area contributed by atoms with Crippen LogP contribution in [0.4, 0.5) is 0 Å². The second-order valence-electron chi connectivity index (χ2n) is 13.0. The lowest BCUT2D eigenvalue weighted by molar-refractivity contribution is -0.870. The van der Waals surface area contributed by atoms with Crippen LogP contribution in [-0.4, -0.2) is 74.9 Å². The molecule has 0 amide bonds. The van der Waals surface area contributed by atoms with E-state index in [4.69, 9.17) is 18.5 Å². The smallest absolute Gasteiger partial charge is 0.462 e. The average Bonchev–Trinajstić information content (AvgIpc) is 3.07. The largest absolute Gasteiger partial charge is 0.472 e. The summed E-state index contributed by atoms with van der Waals surface area (Å²) in [4.78, 5) is 35.1. The van der Waals surface area contributed by atoms with E-state index >= 15 is 0 Å². The van der Waals surface area contributed by atoms with Gasteiger partial charge in [-0.1, -0.05) is 124 Å². The maximum Gasteiger partial charge on any atom is 0.472 e. The number of quaternary nitrogens is 1. The fourth-order valence-electron chi connectivity index (χ4n) is 4.11. The second-order valence-corrected chi connectivity index (χ2v) is 14.4. The number of phosphoric acid groups is 1. The van der Waals surface area contributed by atoms with Gasteiger partial charge in [0.2, 0.25) is 0 Å². The zero-order chi connectivity index (χ0) is 37.9. The fraction of sp³-hybridized carbons (Fsp3) is 0.561. The number of hydrogen-bond donors (Lipinski definition) is 1. The van der Waals surface area contributed by atoms with Crippen LogP contribution in [0.25, 0.3) is 0 Å². The number of carbonyl (C=O) groups is 2. The van der Waals surface area contributed by atoms with Crippen LogP contribution in [0, 0.1) is 0 Å². The zero-order valence-electron chi connectivity index (χ0n) is 32.0. The molecule has 0 aromatic carbocycles. The minimum Gasteiger partial charge on any atom is -0.462 e. The van der Waals surface area contributed by atoms with Crippen molar-refractivity contribution in [3.8, 4) is 0 Å². The molecular formula is C41H67NO8P+. The molecule has 0 rings (SSSR count). The van der Waals surface area contributed by atoms with Crippen molar-refractivity contribution in [1.29, 1.82) is 0 Å². The van der Waals surface area contributed by atoms with E-state index in [1.165, 1.54) is 0 Å². The van der Waals surface area contributed by atoms with E-state index in [1.54, 1.807) is 0 Å². The summed E-state index contributed by atoms with van der Waals surface area (Å²) in [6.45, 7) is 3.99. The van der Waals surface area contributed by atoms with Gasteiger partial charge in [-0.05, 0) is 57.8 Å². The Morgan fingerprint density at radius 1 is 0.627 bits per heavy atom. The number of phosphoric ester groups is 1. The van der Waals surface area contributed by atoms with Crippen molar-refractivity contribution in [1.82, 2.24) is 0 Å². The Hall–Kier alpha value is -3.07. The topological polar surface area (TPSA) is 108 Å². The second kappa shape index (κ2) is 32.8. The molecule has 0 aliphatic heterocycles. The number of nitrogens with zero attached hydrogens (tertiary/aromatic N) is 1. The van der Waals surface area contributed by atoms with Crippen LogP contribution in [0.5, 0.6) is 0 Å². The molecule has 0 saturated carbocycles. The third-order valence-corrected chi connectivity index (χ3v) is 7.97. The Kier molecular flexibility index (Phi) is 30.8. The first kappa shape index (κ1) is 47.9. The molecule has 0 aromatic rings. The lowest BCUT2D eigenvalue weighted by atomic mass is 10.1. The molecule has 0 aromatic heterocycles. The van der Waals surface area contributed by atoms with Crippen LogP contribution >= 0.6 is 7.82 Å². The van der Waals surface area contributed by atoms with E-state index < -0.39 is 32.5 Å². The van der Waals surface area contributed by atoms with E-state index in [9.17, 15) is 19.0 Å². The highest BCUT2D eigenvalue weighted by molar-refractivity contribution is 7.47. The highest BCUT2D eigenvalue weighted by atomic mass is 31.2. The van der Waals surface area contributed by atoms with E-state index in [2.05, 4.69) is 56.4 Å². The standard InChI is InChI=1S/C41H66NO8P/c1-6-8-10-12-14-16-18-20-22-23-25-27-29-31-33-40(43)47-37-39(38-49-51(45,46)48-36-35-42(3,4)5)50-41(44)34-32-30-28-26-24-21-19-17-15-13-11-9-7-2/h8-11,13-17,19-22,24,26,28,39H,6-7,12,18,23,25,27,29-38H2,1-5H3/p+1/b10-8+,11-9+,15-13+,16-14+,19-17+,22-20+,24-21+,28-26+. The van der Waals surface area contributed by atoms with E-state index in [0.29, 0.717) is 30.3 Å². The summed E-state index contributed by atoms with van der Waals surface area (Å²) in [7, 11) is 1.39. The van der Waals surface area contributed by atoms with Crippen LogP contribution < -0.4 is 0 Å². The quantitative estimate of drug-likeness (QED) is 0.0187. The molecule has 0 spiro atoms. The molecule has 0 aliphatic carbocycles. The minimum atomic E-state index is -4.40. The normalized spacial score (nSPS) is 14.9. The molecule has 2 unspecified atom stereocenters. The highest BCUT2D eigenvalue weighted by Crippen LogP contribution is 2.43. The van der Waals surface area contributed by atoms with Crippen LogP contribution in [0.2, 0.25) is 0 Å². The number of ether oxygens (including phenoxy) is 2. The third kappa shape index (κ3) is 36.5. The predicted molar refractivity (Wildman–Crippen MR) is 210 cm³/mol. The number of unbranched alkanes of at least 4 members (excludes halogenated alkanes) is 5. The molecule has 0 bridgehead atoms. The van der Waals surface area contributed by atoms with Crippen LogP contribution in [0.15, 0.2) is 97.2 Å². The Morgan fingerprint density at radius 3 is 1.82 bits per heavy atom. The van der Waals surface area contributed by atoms with Gasteiger partial charge in [0.25, 0.3) is 0 Å². The van der Waals surface area contributed by atoms with Crippen molar-refractivity contribution in [2.24, 2.45) is 0 Å². The van der Waals surface area contributed by atoms with E-state index in [-0.39, 0.29) is 26.1 Å². The lowest BCUT2D eigenvalue weighted by Gasteiger charge is -2.24. The molecule has 0 heterocycles. The minimum absolute atomic E-state index is 0.00817. The van der Waals surface area contributed by atoms with Gasteiger partial charge in [-0.25, -0.2) is 4.57 Å². The number of carbonyl (C=O) groups excluding carboxylic acids is 2.